The fraction of sp³-hybridized carbons (Fsp3) is 0.846. The number of rotatable bonds is 3. The van der Waals surface area contributed by atoms with Gasteiger partial charge in [-0.15, -0.1) is 0 Å². The fourth-order valence-corrected chi connectivity index (χ4v) is 3.08. The second-order valence-corrected chi connectivity index (χ2v) is 5.50. The molecule has 5 nitrogen and oxygen atoms in total. The minimum absolute atomic E-state index is 0.106. The zero-order valence-corrected chi connectivity index (χ0v) is 10.5. The van der Waals surface area contributed by atoms with Crippen LogP contribution in [0.5, 0.6) is 0 Å². The molecule has 0 aromatic carbocycles. The summed E-state index contributed by atoms with van der Waals surface area (Å²) in [5, 5.41) is 18.6. The fourth-order valence-electron chi connectivity index (χ4n) is 3.08. The van der Waals surface area contributed by atoms with Gasteiger partial charge in [-0.2, -0.15) is 0 Å². The molecule has 0 aromatic rings. The quantitative estimate of drug-likeness (QED) is 0.788. The molecule has 0 radical (unpaired) electrons. The lowest BCUT2D eigenvalue weighted by molar-refractivity contribution is -0.148. The van der Waals surface area contributed by atoms with Crippen LogP contribution in [0, 0.1) is 5.92 Å². The monoisotopic (exact) mass is 255 g/mol. The molecule has 1 aliphatic carbocycles. The highest BCUT2D eigenvalue weighted by Crippen LogP contribution is 2.28. The molecule has 1 heterocycles. The number of aliphatic carboxylic acids is 1. The number of hydrogen-bond donors (Lipinski definition) is 2. The number of aliphatic hydroxyl groups excluding tert-OH is 1. The van der Waals surface area contributed by atoms with Gasteiger partial charge in [0.25, 0.3) is 0 Å². The van der Waals surface area contributed by atoms with Crippen molar-refractivity contribution >= 4 is 11.9 Å². The van der Waals surface area contributed by atoms with E-state index in [2.05, 4.69) is 0 Å². The Kier molecular flexibility index (Phi) is 4.22. The summed E-state index contributed by atoms with van der Waals surface area (Å²) in [6.45, 7) is 0.169. The summed E-state index contributed by atoms with van der Waals surface area (Å²) >= 11 is 0. The molecule has 2 rings (SSSR count). The van der Waals surface area contributed by atoms with Crippen LogP contribution in [0.3, 0.4) is 0 Å². The maximum Gasteiger partial charge on any atom is 0.326 e. The minimum atomic E-state index is -1.01. The van der Waals surface area contributed by atoms with Crippen LogP contribution in [0.1, 0.15) is 44.9 Å². The van der Waals surface area contributed by atoms with Crippen molar-refractivity contribution in [2.24, 2.45) is 5.92 Å². The molecule has 0 bridgehead atoms. The van der Waals surface area contributed by atoms with Crippen molar-refractivity contribution in [1.82, 2.24) is 4.90 Å². The lowest BCUT2D eigenvalue weighted by Gasteiger charge is -2.26. The van der Waals surface area contributed by atoms with Crippen molar-refractivity contribution in [3.63, 3.8) is 0 Å². The van der Waals surface area contributed by atoms with Crippen molar-refractivity contribution < 1.29 is 19.8 Å². The van der Waals surface area contributed by atoms with E-state index >= 15 is 0 Å². The molecule has 1 aliphatic heterocycles. The van der Waals surface area contributed by atoms with E-state index in [0.717, 1.165) is 12.8 Å². The van der Waals surface area contributed by atoms with E-state index in [9.17, 15) is 14.7 Å². The zero-order chi connectivity index (χ0) is 13.1. The summed E-state index contributed by atoms with van der Waals surface area (Å²) < 4.78 is 0. The number of carboxylic acids is 1. The van der Waals surface area contributed by atoms with Crippen LogP contribution in [-0.4, -0.2) is 45.7 Å². The first kappa shape index (κ1) is 13.3. The average Bonchev–Trinajstić information content (AvgIpc) is 2.73. The summed E-state index contributed by atoms with van der Waals surface area (Å²) in [4.78, 5) is 24.5. The molecule has 1 amide bonds. The second-order valence-electron chi connectivity index (χ2n) is 5.50. The highest BCUT2D eigenvalue weighted by Gasteiger charge is 2.39. The highest BCUT2D eigenvalue weighted by molar-refractivity contribution is 5.84. The molecule has 1 unspecified atom stereocenters. The lowest BCUT2D eigenvalue weighted by atomic mass is 9.86. The topological polar surface area (TPSA) is 77.8 Å². The number of aliphatic hydroxyl groups is 1. The summed E-state index contributed by atoms with van der Waals surface area (Å²) in [6, 6.07) is -0.837. The van der Waals surface area contributed by atoms with E-state index < -0.39 is 18.1 Å². The van der Waals surface area contributed by atoms with E-state index in [1.54, 1.807) is 0 Å². The molecule has 2 aliphatic rings. The Morgan fingerprint density at radius 2 is 1.83 bits per heavy atom. The van der Waals surface area contributed by atoms with E-state index in [4.69, 9.17) is 5.11 Å². The minimum Gasteiger partial charge on any atom is -0.480 e. The Balaban J connectivity index is 1.92. The SMILES string of the molecule is O=C(O)[C@@H]1CC(O)CN1C(=O)CC1CCCCC1. The summed E-state index contributed by atoms with van der Waals surface area (Å²) in [5.74, 6) is -0.715. The Hall–Kier alpha value is -1.10. The van der Waals surface area contributed by atoms with Gasteiger partial charge in [-0.25, -0.2) is 4.79 Å². The molecule has 0 spiro atoms. The van der Waals surface area contributed by atoms with Gasteiger partial charge >= 0.3 is 5.97 Å². The predicted octanol–water partition coefficient (Wildman–Crippen LogP) is 1.00. The molecule has 1 saturated heterocycles. The van der Waals surface area contributed by atoms with Crippen LogP contribution in [-0.2, 0) is 9.59 Å². The van der Waals surface area contributed by atoms with Gasteiger partial charge in [0.1, 0.15) is 6.04 Å². The van der Waals surface area contributed by atoms with Crippen molar-refractivity contribution in [2.45, 2.75) is 57.1 Å². The molecule has 0 aromatic heterocycles. The number of hydrogen-bond acceptors (Lipinski definition) is 3. The molecule has 2 N–H and O–H groups in total. The second kappa shape index (κ2) is 5.69. The van der Waals surface area contributed by atoms with E-state index in [1.165, 1.54) is 24.2 Å². The molecule has 18 heavy (non-hydrogen) atoms. The van der Waals surface area contributed by atoms with Crippen molar-refractivity contribution in [1.29, 1.82) is 0 Å². The first-order valence-electron chi connectivity index (χ1n) is 6.78. The summed E-state index contributed by atoms with van der Waals surface area (Å²) in [7, 11) is 0. The van der Waals surface area contributed by atoms with Crippen molar-refractivity contribution in [2.75, 3.05) is 6.54 Å². The van der Waals surface area contributed by atoms with Gasteiger partial charge in [-0.3, -0.25) is 4.79 Å². The Labute approximate surface area is 107 Å². The molecule has 1 saturated carbocycles. The van der Waals surface area contributed by atoms with Crippen LogP contribution < -0.4 is 0 Å². The number of nitrogens with zero attached hydrogens (tertiary/aromatic N) is 1. The normalized spacial score (nSPS) is 29.5. The van der Waals surface area contributed by atoms with Gasteiger partial charge in [-0.05, 0) is 18.8 Å². The highest BCUT2D eigenvalue weighted by atomic mass is 16.4. The van der Waals surface area contributed by atoms with Crippen LogP contribution in [0.4, 0.5) is 0 Å². The molecule has 102 valence electrons. The number of β-amino-alcohol motifs (C(OH)–C–C–N with tert-alkyl or cyclic N) is 1. The van der Waals surface area contributed by atoms with E-state index in [0.29, 0.717) is 12.3 Å². The number of likely N-dealkylation sites (tertiary alicyclic amines) is 1. The lowest BCUT2D eigenvalue weighted by Crippen LogP contribution is -2.41. The van der Waals surface area contributed by atoms with Crippen molar-refractivity contribution in [3.05, 3.63) is 0 Å². The van der Waals surface area contributed by atoms with Gasteiger partial charge in [0.15, 0.2) is 0 Å². The summed E-state index contributed by atoms with van der Waals surface area (Å²) in [5.41, 5.74) is 0. The molecule has 5 heteroatoms. The smallest absolute Gasteiger partial charge is 0.326 e. The largest absolute Gasteiger partial charge is 0.480 e. The van der Waals surface area contributed by atoms with Crippen LogP contribution in [0.25, 0.3) is 0 Å². The van der Waals surface area contributed by atoms with Gasteiger partial charge in [0, 0.05) is 19.4 Å². The number of amides is 1. The molecule has 2 fully saturated rings. The third kappa shape index (κ3) is 3.02. The van der Waals surface area contributed by atoms with Crippen LogP contribution in [0.15, 0.2) is 0 Å². The van der Waals surface area contributed by atoms with E-state index in [1.807, 2.05) is 0 Å². The average molecular weight is 255 g/mol. The van der Waals surface area contributed by atoms with Crippen molar-refractivity contribution in [3.8, 4) is 0 Å². The molecular weight excluding hydrogens is 234 g/mol. The predicted molar refractivity (Wildman–Crippen MR) is 65.0 cm³/mol. The Morgan fingerprint density at radius 1 is 1.17 bits per heavy atom. The Bertz CT molecular complexity index is 325. The van der Waals surface area contributed by atoms with Gasteiger partial charge < -0.3 is 15.1 Å². The first-order chi connectivity index (χ1) is 8.58. The number of carboxylic acid groups (broad SMARTS) is 1. The summed E-state index contributed by atoms with van der Waals surface area (Å²) in [6.07, 6.45) is 5.63. The number of carbonyl (C=O) groups is 2. The van der Waals surface area contributed by atoms with Crippen LogP contribution >= 0.6 is 0 Å². The van der Waals surface area contributed by atoms with Gasteiger partial charge in [0.05, 0.1) is 6.10 Å². The maximum absolute atomic E-state index is 12.1. The maximum atomic E-state index is 12.1. The van der Waals surface area contributed by atoms with E-state index in [-0.39, 0.29) is 18.9 Å². The third-order valence-corrected chi connectivity index (χ3v) is 4.07. The first-order valence-corrected chi connectivity index (χ1v) is 6.78. The Morgan fingerprint density at radius 3 is 2.44 bits per heavy atom. The molecule has 2 atom stereocenters. The molecular formula is C13H21NO4. The number of carbonyl (C=O) groups excluding carboxylic acids is 1. The van der Waals surface area contributed by atoms with Gasteiger partial charge in [0.2, 0.25) is 5.91 Å². The standard InChI is InChI=1S/C13H21NO4/c15-10-7-11(13(17)18)14(8-10)12(16)6-9-4-2-1-3-5-9/h9-11,15H,1-8H2,(H,17,18)/t10?,11-/m0/s1. The zero-order valence-electron chi connectivity index (χ0n) is 10.5. The third-order valence-electron chi connectivity index (χ3n) is 4.07. The van der Waals surface area contributed by atoms with Crippen LogP contribution in [0.2, 0.25) is 0 Å². The van der Waals surface area contributed by atoms with Gasteiger partial charge in [-0.1, -0.05) is 19.3 Å².